The molecule has 5 heteroatoms. The number of anilines is 1. The molecular formula is C15H11ClN2O2. The molecule has 0 heterocycles. The van der Waals surface area contributed by atoms with E-state index in [4.69, 9.17) is 21.6 Å². The second-order valence-electron chi connectivity index (χ2n) is 3.99. The van der Waals surface area contributed by atoms with Gasteiger partial charge in [0.25, 0.3) is 5.91 Å². The quantitative estimate of drug-likeness (QED) is 0.939. The summed E-state index contributed by atoms with van der Waals surface area (Å²) >= 11 is 6.03. The number of hydrogen-bond donors (Lipinski definition) is 1. The number of ether oxygens (including phenoxy) is 1. The van der Waals surface area contributed by atoms with Crippen molar-refractivity contribution in [1.29, 1.82) is 5.26 Å². The van der Waals surface area contributed by atoms with Crippen molar-refractivity contribution >= 4 is 23.2 Å². The van der Waals surface area contributed by atoms with Crippen LogP contribution in [0.1, 0.15) is 15.9 Å². The number of nitriles is 1. The Morgan fingerprint density at radius 1 is 1.25 bits per heavy atom. The molecule has 1 amide bonds. The van der Waals surface area contributed by atoms with E-state index in [1.807, 2.05) is 6.07 Å². The maximum Gasteiger partial charge on any atom is 0.257 e. The molecule has 0 atom stereocenters. The zero-order valence-corrected chi connectivity index (χ0v) is 11.4. The highest BCUT2D eigenvalue weighted by atomic mass is 35.5. The van der Waals surface area contributed by atoms with Gasteiger partial charge in [-0.1, -0.05) is 11.6 Å². The molecule has 0 aliphatic heterocycles. The zero-order valence-electron chi connectivity index (χ0n) is 10.7. The van der Waals surface area contributed by atoms with Gasteiger partial charge in [-0.05, 0) is 42.5 Å². The van der Waals surface area contributed by atoms with E-state index in [1.54, 1.807) is 42.5 Å². The smallest absolute Gasteiger partial charge is 0.257 e. The molecule has 100 valence electrons. The topological polar surface area (TPSA) is 62.1 Å². The second-order valence-corrected chi connectivity index (χ2v) is 4.40. The van der Waals surface area contributed by atoms with E-state index in [9.17, 15) is 4.79 Å². The van der Waals surface area contributed by atoms with Crippen molar-refractivity contribution in [1.82, 2.24) is 0 Å². The van der Waals surface area contributed by atoms with Crippen LogP contribution in [0.2, 0.25) is 5.02 Å². The molecule has 20 heavy (non-hydrogen) atoms. The lowest BCUT2D eigenvalue weighted by molar-refractivity contribution is 0.102. The molecule has 0 aliphatic rings. The van der Waals surface area contributed by atoms with Gasteiger partial charge in [0, 0.05) is 5.69 Å². The first-order valence-corrected chi connectivity index (χ1v) is 6.17. The molecule has 0 bridgehead atoms. The van der Waals surface area contributed by atoms with Crippen LogP contribution in [0.3, 0.4) is 0 Å². The summed E-state index contributed by atoms with van der Waals surface area (Å²) in [5.74, 6) is 0.271. The summed E-state index contributed by atoms with van der Waals surface area (Å²) in [7, 11) is 1.53. The first-order valence-electron chi connectivity index (χ1n) is 5.79. The summed E-state index contributed by atoms with van der Waals surface area (Å²) in [5, 5.41) is 11.7. The molecule has 0 fully saturated rings. The van der Waals surface area contributed by atoms with E-state index in [1.165, 1.54) is 7.11 Å². The highest BCUT2D eigenvalue weighted by molar-refractivity contribution is 6.34. The number of nitrogens with zero attached hydrogens (tertiary/aromatic N) is 1. The van der Waals surface area contributed by atoms with Gasteiger partial charge >= 0.3 is 0 Å². The van der Waals surface area contributed by atoms with Crippen LogP contribution in [0.15, 0.2) is 42.5 Å². The van der Waals surface area contributed by atoms with Crippen LogP contribution < -0.4 is 10.1 Å². The van der Waals surface area contributed by atoms with Crippen molar-refractivity contribution in [2.75, 3.05) is 12.4 Å². The molecule has 0 saturated heterocycles. The minimum absolute atomic E-state index is 0.315. The fourth-order valence-electron chi connectivity index (χ4n) is 1.63. The van der Waals surface area contributed by atoms with Gasteiger partial charge in [0.2, 0.25) is 0 Å². The fourth-order valence-corrected chi connectivity index (χ4v) is 1.89. The second kappa shape index (κ2) is 6.09. The number of hydrogen-bond acceptors (Lipinski definition) is 3. The lowest BCUT2D eigenvalue weighted by Crippen LogP contribution is -2.12. The Hall–Kier alpha value is -2.51. The molecule has 4 nitrogen and oxygen atoms in total. The highest BCUT2D eigenvalue weighted by Crippen LogP contribution is 2.23. The Morgan fingerprint density at radius 3 is 2.50 bits per heavy atom. The molecule has 2 aromatic rings. The van der Waals surface area contributed by atoms with Crippen molar-refractivity contribution in [3.8, 4) is 11.8 Å². The van der Waals surface area contributed by atoms with E-state index in [0.717, 1.165) is 0 Å². The summed E-state index contributed by atoms with van der Waals surface area (Å²) in [4.78, 5) is 12.1. The molecule has 0 radical (unpaired) electrons. The summed E-state index contributed by atoms with van der Waals surface area (Å²) in [6.07, 6.45) is 0. The SMILES string of the molecule is COc1ccc(C(=O)Nc2ccc(C#N)cc2)c(Cl)c1. The Kier molecular flexibility index (Phi) is 4.24. The van der Waals surface area contributed by atoms with Crippen LogP contribution in [-0.4, -0.2) is 13.0 Å². The largest absolute Gasteiger partial charge is 0.497 e. The average molecular weight is 287 g/mol. The van der Waals surface area contributed by atoms with Gasteiger partial charge in [-0.2, -0.15) is 5.26 Å². The van der Waals surface area contributed by atoms with E-state index in [-0.39, 0.29) is 5.91 Å². The average Bonchev–Trinajstić information content (AvgIpc) is 2.47. The van der Waals surface area contributed by atoms with E-state index >= 15 is 0 Å². The van der Waals surface area contributed by atoms with Crippen molar-refractivity contribution < 1.29 is 9.53 Å². The molecule has 1 N–H and O–H groups in total. The van der Waals surface area contributed by atoms with E-state index in [2.05, 4.69) is 5.32 Å². The fraction of sp³-hybridized carbons (Fsp3) is 0.0667. The third-order valence-corrected chi connectivity index (χ3v) is 3.01. The summed E-state index contributed by atoms with van der Waals surface area (Å²) < 4.78 is 5.03. The molecular weight excluding hydrogens is 276 g/mol. The normalized spacial score (nSPS) is 9.65. The van der Waals surface area contributed by atoms with Gasteiger partial charge in [-0.3, -0.25) is 4.79 Å². The van der Waals surface area contributed by atoms with Crippen LogP contribution >= 0.6 is 11.6 Å². The van der Waals surface area contributed by atoms with Crippen LogP contribution in [0.25, 0.3) is 0 Å². The third-order valence-electron chi connectivity index (χ3n) is 2.69. The van der Waals surface area contributed by atoms with Crippen LogP contribution in [0, 0.1) is 11.3 Å². The highest BCUT2D eigenvalue weighted by Gasteiger charge is 2.11. The molecule has 0 saturated carbocycles. The Bertz CT molecular complexity index is 675. The third kappa shape index (κ3) is 3.08. The van der Waals surface area contributed by atoms with Gasteiger partial charge < -0.3 is 10.1 Å². The van der Waals surface area contributed by atoms with Gasteiger partial charge in [0.15, 0.2) is 0 Å². The summed E-state index contributed by atoms with van der Waals surface area (Å²) in [5.41, 5.74) is 1.49. The number of halogens is 1. The lowest BCUT2D eigenvalue weighted by Gasteiger charge is -2.08. The molecule has 0 spiro atoms. The Labute approximate surface area is 121 Å². The molecule has 0 unspecified atom stereocenters. The van der Waals surface area contributed by atoms with Crippen molar-refractivity contribution in [3.05, 3.63) is 58.6 Å². The molecule has 0 aliphatic carbocycles. The molecule has 2 aromatic carbocycles. The number of rotatable bonds is 3. The van der Waals surface area contributed by atoms with Crippen LogP contribution in [-0.2, 0) is 0 Å². The van der Waals surface area contributed by atoms with Gasteiger partial charge in [0.1, 0.15) is 5.75 Å². The van der Waals surface area contributed by atoms with Crippen LogP contribution in [0.4, 0.5) is 5.69 Å². The predicted octanol–water partition coefficient (Wildman–Crippen LogP) is 3.47. The number of amides is 1. The standard InChI is InChI=1S/C15H11ClN2O2/c1-20-12-6-7-13(14(16)8-12)15(19)18-11-4-2-10(9-17)3-5-11/h2-8H,1H3,(H,18,19). The number of nitrogens with one attached hydrogen (secondary N) is 1. The summed E-state index contributed by atoms with van der Waals surface area (Å²) in [6, 6.07) is 13.4. The van der Waals surface area contributed by atoms with Crippen molar-refractivity contribution in [2.24, 2.45) is 0 Å². The van der Waals surface area contributed by atoms with Gasteiger partial charge in [-0.15, -0.1) is 0 Å². The lowest BCUT2D eigenvalue weighted by atomic mass is 10.2. The number of carbonyl (C=O) groups is 1. The van der Waals surface area contributed by atoms with Gasteiger partial charge in [0.05, 0.1) is 29.3 Å². The van der Waals surface area contributed by atoms with E-state index in [0.29, 0.717) is 27.6 Å². The van der Waals surface area contributed by atoms with Crippen molar-refractivity contribution in [3.63, 3.8) is 0 Å². The monoisotopic (exact) mass is 286 g/mol. The van der Waals surface area contributed by atoms with Crippen molar-refractivity contribution in [2.45, 2.75) is 0 Å². The first kappa shape index (κ1) is 13.9. The van der Waals surface area contributed by atoms with Gasteiger partial charge in [-0.25, -0.2) is 0 Å². The van der Waals surface area contributed by atoms with Crippen LogP contribution in [0.5, 0.6) is 5.75 Å². The van der Waals surface area contributed by atoms with E-state index < -0.39 is 0 Å². The number of methoxy groups -OCH3 is 1. The Balaban J connectivity index is 2.17. The Morgan fingerprint density at radius 2 is 1.95 bits per heavy atom. The molecule has 0 aromatic heterocycles. The zero-order chi connectivity index (χ0) is 14.5. The predicted molar refractivity (Wildman–Crippen MR) is 77.1 cm³/mol. The molecule has 2 rings (SSSR count). The maximum absolute atomic E-state index is 12.1. The first-order chi connectivity index (χ1) is 9.63. The number of benzene rings is 2. The number of carbonyl (C=O) groups excluding carboxylic acids is 1. The minimum Gasteiger partial charge on any atom is -0.497 e. The minimum atomic E-state index is -0.317. The maximum atomic E-state index is 12.1. The summed E-state index contributed by atoms with van der Waals surface area (Å²) in [6.45, 7) is 0.